The van der Waals surface area contributed by atoms with Gasteiger partial charge in [-0.1, -0.05) is 0 Å². The lowest BCUT2D eigenvalue weighted by molar-refractivity contribution is 0.206. The van der Waals surface area contributed by atoms with E-state index in [-0.39, 0.29) is 17.4 Å². The molecule has 2 aromatic heterocycles. The molecule has 15 heavy (non-hydrogen) atoms. The number of nitrogens with two attached hydrogens (primary N) is 1. The van der Waals surface area contributed by atoms with Crippen molar-refractivity contribution >= 4 is 39.7 Å². The number of carbonyl (C=O) groups is 1. The van der Waals surface area contributed by atoms with Gasteiger partial charge in [0.05, 0.1) is 0 Å². The van der Waals surface area contributed by atoms with Crippen LogP contribution in [0.1, 0.15) is 0 Å². The first-order chi connectivity index (χ1) is 7.08. The largest absolute Gasteiger partial charge is 0.492 e. The molecule has 0 fully saturated rings. The third kappa shape index (κ3) is 1.77. The van der Waals surface area contributed by atoms with Gasteiger partial charge in [-0.05, 0) is 22.6 Å². The van der Waals surface area contributed by atoms with Crippen molar-refractivity contribution < 1.29 is 14.6 Å². The summed E-state index contributed by atoms with van der Waals surface area (Å²) < 4.78 is 4.96. The Kier molecular flexibility index (Phi) is 2.30. The third-order valence-corrected chi connectivity index (χ3v) is 2.27. The highest BCUT2D eigenvalue weighted by molar-refractivity contribution is 14.1. The fraction of sp³-hybridized carbons (Fsp3) is 0. The Morgan fingerprint density at radius 1 is 1.53 bits per heavy atom. The number of aromatic amines is 1. The number of aromatic hydroxyl groups is 1. The minimum absolute atomic E-state index is 0.274. The predicted molar refractivity (Wildman–Crippen MR) is 56.3 cm³/mol. The van der Waals surface area contributed by atoms with Crippen LogP contribution in [0.25, 0.3) is 11.0 Å². The van der Waals surface area contributed by atoms with Crippen molar-refractivity contribution in [1.82, 2.24) is 20.2 Å². The third-order valence-electron chi connectivity index (χ3n) is 1.52. The van der Waals surface area contributed by atoms with E-state index in [0.717, 1.165) is 0 Å². The maximum atomic E-state index is 10.5. The van der Waals surface area contributed by atoms with Gasteiger partial charge in [-0.15, -0.1) is 0 Å². The van der Waals surface area contributed by atoms with Crippen LogP contribution in [0.15, 0.2) is 0 Å². The second-order valence-electron chi connectivity index (χ2n) is 2.49. The lowest BCUT2D eigenvalue weighted by atomic mass is 10.5. The fourth-order valence-corrected chi connectivity index (χ4v) is 1.49. The number of nitrogens with zero attached hydrogens (tertiary/aromatic N) is 3. The quantitative estimate of drug-likeness (QED) is 0.640. The number of hydrogen-bond acceptors (Lipinski definition) is 6. The molecule has 0 aliphatic rings. The van der Waals surface area contributed by atoms with Gasteiger partial charge >= 0.3 is 12.1 Å². The molecule has 0 aliphatic carbocycles. The normalized spacial score (nSPS) is 10.5. The maximum Gasteiger partial charge on any atom is 0.412 e. The summed E-state index contributed by atoms with van der Waals surface area (Å²) in [5.41, 5.74) is 5.42. The van der Waals surface area contributed by atoms with Crippen molar-refractivity contribution in [2.45, 2.75) is 0 Å². The van der Waals surface area contributed by atoms with Gasteiger partial charge in [0.25, 0.3) is 0 Å². The summed E-state index contributed by atoms with van der Waals surface area (Å²) >= 11 is 1.90. The van der Waals surface area contributed by atoms with Crippen LogP contribution in [0.3, 0.4) is 0 Å². The molecule has 2 aromatic rings. The zero-order chi connectivity index (χ0) is 11.0. The molecule has 0 spiro atoms. The standard InChI is InChI=1S/C6H4IN5O3/c7-3-1-2(11-12-3)4(13)10-6(9-1)15-5(8)14/h(H2,8,14)(H,11,12)(H,9,10,13). The van der Waals surface area contributed by atoms with Crippen LogP contribution in [0.4, 0.5) is 4.79 Å². The van der Waals surface area contributed by atoms with Crippen molar-refractivity contribution in [3.63, 3.8) is 0 Å². The smallest absolute Gasteiger partial charge is 0.412 e. The maximum absolute atomic E-state index is 10.5. The molecule has 0 aromatic carbocycles. The molecule has 4 N–H and O–H groups in total. The number of fused-ring (bicyclic) bond motifs is 1. The minimum Gasteiger partial charge on any atom is -0.492 e. The number of halogens is 1. The Morgan fingerprint density at radius 3 is 2.93 bits per heavy atom. The number of amides is 1. The van der Waals surface area contributed by atoms with Crippen LogP contribution in [0, 0.1) is 3.70 Å². The zero-order valence-electron chi connectivity index (χ0n) is 7.06. The van der Waals surface area contributed by atoms with Gasteiger partial charge in [0, 0.05) is 0 Å². The Balaban J connectivity index is 2.59. The summed E-state index contributed by atoms with van der Waals surface area (Å²) in [5, 5.41) is 15.8. The number of aromatic nitrogens is 4. The van der Waals surface area contributed by atoms with Crippen LogP contribution in [0.2, 0.25) is 0 Å². The molecule has 0 unspecified atom stereocenters. The van der Waals surface area contributed by atoms with Crippen molar-refractivity contribution in [1.29, 1.82) is 0 Å². The van der Waals surface area contributed by atoms with Crippen LogP contribution in [-0.4, -0.2) is 31.4 Å². The van der Waals surface area contributed by atoms with Crippen LogP contribution < -0.4 is 10.5 Å². The highest BCUT2D eigenvalue weighted by Crippen LogP contribution is 2.24. The Morgan fingerprint density at radius 2 is 2.27 bits per heavy atom. The first kappa shape index (κ1) is 9.89. The van der Waals surface area contributed by atoms with Gasteiger partial charge in [-0.25, -0.2) is 4.79 Å². The number of nitrogens with one attached hydrogen (secondary N) is 1. The molecular weight excluding hydrogens is 317 g/mol. The molecule has 1 amide bonds. The lowest BCUT2D eigenvalue weighted by Crippen LogP contribution is -2.17. The summed E-state index contributed by atoms with van der Waals surface area (Å²) in [4.78, 5) is 17.8. The minimum atomic E-state index is -1.05. The van der Waals surface area contributed by atoms with Gasteiger partial charge in [0.15, 0.2) is 0 Å². The molecule has 0 bridgehead atoms. The second kappa shape index (κ2) is 3.49. The molecule has 78 valence electrons. The van der Waals surface area contributed by atoms with Gasteiger partial charge in [-0.2, -0.15) is 15.1 Å². The first-order valence-electron chi connectivity index (χ1n) is 3.66. The fourth-order valence-electron chi connectivity index (χ4n) is 0.975. The Labute approximate surface area is 96.0 Å². The zero-order valence-corrected chi connectivity index (χ0v) is 9.22. The number of ether oxygens (including phenoxy) is 1. The van der Waals surface area contributed by atoms with Crippen LogP contribution in [-0.2, 0) is 0 Å². The number of hydrogen-bond donors (Lipinski definition) is 3. The topological polar surface area (TPSA) is 127 Å². The van der Waals surface area contributed by atoms with E-state index < -0.39 is 6.09 Å². The van der Waals surface area contributed by atoms with Gasteiger partial charge in [0.2, 0.25) is 5.88 Å². The molecular formula is C6H4IN5O3. The second-order valence-corrected chi connectivity index (χ2v) is 3.51. The summed E-state index contributed by atoms with van der Waals surface area (Å²) in [6.07, 6.45) is -1.05. The highest BCUT2D eigenvalue weighted by Gasteiger charge is 2.14. The van der Waals surface area contributed by atoms with E-state index in [4.69, 9.17) is 5.73 Å². The van der Waals surface area contributed by atoms with E-state index in [2.05, 4.69) is 24.9 Å². The molecule has 0 saturated carbocycles. The van der Waals surface area contributed by atoms with E-state index in [1.54, 1.807) is 0 Å². The SMILES string of the molecule is NC(=O)Oc1nc(O)c2[nH]nc(I)c2n1. The van der Waals surface area contributed by atoms with Crippen LogP contribution >= 0.6 is 22.6 Å². The molecule has 9 heteroatoms. The summed E-state index contributed by atoms with van der Waals surface area (Å²) in [7, 11) is 0. The first-order valence-corrected chi connectivity index (χ1v) is 4.73. The average Bonchev–Trinajstić information content (AvgIpc) is 2.47. The number of primary amides is 1. The Hall–Kier alpha value is -1.65. The predicted octanol–water partition coefficient (Wildman–Crippen LogP) is 0.121. The van der Waals surface area contributed by atoms with Crippen molar-refractivity contribution in [2.75, 3.05) is 0 Å². The lowest BCUT2D eigenvalue weighted by Gasteiger charge is -1.99. The van der Waals surface area contributed by atoms with Gasteiger partial charge in [0.1, 0.15) is 14.7 Å². The van der Waals surface area contributed by atoms with Gasteiger partial charge in [-0.3, -0.25) is 5.10 Å². The number of H-pyrrole nitrogens is 1. The van der Waals surface area contributed by atoms with E-state index in [1.807, 2.05) is 22.6 Å². The molecule has 2 heterocycles. The van der Waals surface area contributed by atoms with Crippen LogP contribution in [0.5, 0.6) is 11.9 Å². The number of carbonyl (C=O) groups excluding carboxylic acids is 1. The molecule has 0 aliphatic heterocycles. The molecule has 2 rings (SSSR count). The summed E-state index contributed by atoms with van der Waals surface area (Å²) in [6, 6.07) is -0.313. The van der Waals surface area contributed by atoms with Gasteiger partial charge < -0.3 is 15.6 Å². The average molecular weight is 321 g/mol. The Bertz CT molecular complexity index is 539. The molecule has 0 radical (unpaired) electrons. The van der Waals surface area contributed by atoms with Crippen molar-refractivity contribution in [3.05, 3.63) is 3.70 Å². The van der Waals surface area contributed by atoms with E-state index >= 15 is 0 Å². The van der Waals surface area contributed by atoms with E-state index in [1.165, 1.54) is 0 Å². The molecule has 8 nitrogen and oxygen atoms in total. The molecule has 0 saturated heterocycles. The summed E-state index contributed by atoms with van der Waals surface area (Å²) in [5.74, 6) is -0.355. The monoisotopic (exact) mass is 321 g/mol. The van der Waals surface area contributed by atoms with E-state index in [0.29, 0.717) is 9.22 Å². The summed E-state index contributed by atoms with van der Waals surface area (Å²) in [6.45, 7) is 0. The van der Waals surface area contributed by atoms with E-state index in [9.17, 15) is 9.90 Å². The molecule has 0 atom stereocenters. The highest BCUT2D eigenvalue weighted by atomic mass is 127. The number of rotatable bonds is 1. The van der Waals surface area contributed by atoms with Crippen molar-refractivity contribution in [3.8, 4) is 11.9 Å². The van der Waals surface area contributed by atoms with Crippen molar-refractivity contribution in [2.24, 2.45) is 5.73 Å².